The Morgan fingerprint density at radius 3 is 2.35 bits per heavy atom. The van der Waals surface area contributed by atoms with E-state index in [1.807, 2.05) is 43.3 Å². The van der Waals surface area contributed by atoms with Gasteiger partial charge in [-0.15, -0.1) is 0 Å². The van der Waals surface area contributed by atoms with Crippen LogP contribution in [0, 0.1) is 18.3 Å². The van der Waals surface area contributed by atoms with Crippen LogP contribution in [-0.2, 0) is 0 Å². The summed E-state index contributed by atoms with van der Waals surface area (Å²) in [7, 11) is 0. The minimum atomic E-state index is 0.570. The molecule has 0 bridgehead atoms. The lowest BCUT2D eigenvalue weighted by molar-refractivity contribution is 0.247. The van der Waals surface area contributed by atoms with E-state index in [0.717, 1.165) is 17.9 Å². The predicted octanol–water partition coefficient (Wildman–Crippen LogP) is 3.71. The summed E-state index contributed by atoms with van der Waals surface area (Å²) in [6, 6.07) is 17.2. The Hall–Kier alpha value is -2.47. The third-order valence-electron chi connectivity index (χ3n) is 2.81. The Morgan fingerprint density at radius 1 is 0.950 bits per heavy atom. The summed E-state index contributed by atoms with van der Waals surface area (Å²) in [4.78, 5) is 0. The minimum Gasteiger partial charge on any atom is -0.493 e. The third-order valence-corrected chi connectivity index (χ3v) is 2.81. The molecule has 0 saturated carbocycles. The molecule has 2 aromatic rings. The van der Waals surface area contributed by atoms with Crippen molar-refractivity contribution in [2.75, 3.05) is 13.2 Å². The van der Waals surface area contributed by atoms with Gasteiger partial charge in [-0.25, -0.2) is 0 Å². The number of hydrogen-bond donors (Lipinski definition) is 0. The summed E-state index contributed by atoms with van der Waals surface area (Å²) in [5.74, 6) is 1.60. The molecular weight excluding hydrogens is 250 g/mol. The van der Waals surface area contributed by atoms with Gasteiger partial charge in [0.1, 0.15) is 11.5 Å². The summed E-state index contributed by atoms with van der Waals surface area (Å²) >= 11 is 0. The predicted molar refractivity (Wildman–Crippen MR) is 77.9 cm³/mol. The topological polar surface area (TPSA) is 42.2 Å². The van der Waals surface area contributed by atoms with Crippen LogP contribution in [0.15, 0.2) is 48.5 Å². The van der Waals surface area contributed by atoms with Gasteiger partial charge in [0, 0.05) is 6.42 Å². The third kappa shape index (κ3) is 4.33. The molecular formula is C17H17NO2. The standard InChI is InChI=1S/C17H17NO2/c1-14-6-8-16(9-7-14)19-10-3-11-20-17-5-2-4-15(12-17)13-18/h2,4-9,12H,3,10-11H2,1H3. The van der Waals surface area contributed by atoms with E-state index in [4.69, 9.17) is 14.7 Å². The van der Waals surface area contributed by atoms with Crippen molar-refractivity contribution in [2.45, 2.75) is 13.3 Å². The fourth-order valence-electron chi connectivity index (χ4n) is 1.73. The number of ether oxygens (including phenoxy) is 2. The lowest BCUT2D eigenvalue weighted by atomic mass is 10.2. The Labute approximate surface area is 119 Å². The monoisotopic (exact) mass is 267 g/mol. The van der Waals surface area contributed by atoms with Crippen molar-refractivity contribution in [1.82, 2.24) is 0 Å². The summed E-state index contributed by atoms with van der Waals surface area (Å²) in [5, 5.41) is 8.79. The lowest BCUT2D eigenvalue weighted by Crippen LogP contribution is -2.05. The molecule has 3 heteroatoms. The first-order valence-corrected chi connectivity index (χ1v) is 6.60. The van der Waals surface area contributed by atoms with Gasteiger partial charge < -0.3 is 9.47 Å². The van der Waals surface area contributed by atoms with Gasteiger partial charge >= 0.3 is 0 Å². The van der Waals surface area contributed by atoms with E-state index in [-0.39, 0.29) is 0 Å². The smallest absolute Gasteiger partial charge is 0.120 e. The van der Waals surface area contributed by atoms with Crippen molar-refractivity contribution < 1.29 is 9.47 Å². The molecule has 0 unspecified atom stereocenters. The Bertz CT molecular complexity index is 585. The fraction of sp³-hybridized carbons (Fsp3) is 0.235. The van der Waals surface area contributed by atoms with E-state index >= 15 is 0 Å². The van der Waals surface area contributed by atoms with Crippen LogP contribution in [0.2, 0.25) is 0 Å². The molecule has 0 spiro atoms. The highest BCUT2D eigenvalue weighted by molar-refractivity contribution is 5.36. The molecule has 20 heavy (non-hydrogen) atoms. The maximum atomic E-state index is 8.79. The first kappa shape index (κ1) is 14.0. The summed E-state index contributed by atoms with van der Waals surface area (Å²) in [6.45, 7) is 3.23. The molecule has 0 fully saturated rings. The second kappa shape index (κ2) is 7.20. The van der Waals surface area contributed by atoms with Gasteiger partial charge in [-0.1, -0.05) is 23.8 Å². The number of benzene rings is 2. The van der Waals surface area contributed by atoms with E-state index < -0.39 is 0 Å². The number of hydrogen-bond acceptors (Lipinski definition) is 3. The Morgan fingerprint density at radius 2 is 1.65 bits per heavy atom. The van der Waals surface area contributed by atoms with Crippen molar-refractivity contribution in [1.29, 1.82) is 5.26 Å². The van der Waals surface area contributed by atoms with E-state index in [1.54, 1.807) is 12.1 Å². The molecule has 2 aromatic carbocycles. The van der Waals surface area contributed by atoms with E-state index in [0.29, 0.717) is 18.8 Å². The Balaban J connectivity index is 1.69. The molecule has 0 aliphatic rings. The molecule has 0 heterocycles. The lowest BCUT2D eigenvalue weighted by Gasteiger charge is -2.08. The minimum absolute atomic E-state index is 0.570. The van der Waals surface area contributed by atoms with Crippen LogP contribution in [-0.4, -0.2) is 13.2 Å². The highest BCUT2D eigenvalue weighted by Gasteiger charge is 1.97. The molecule has 0 N–H and O–H groups in total. The molecule has 0 radical (unpaired) electrons. The zero-order valence-corrected chi connectivity index (χ0v) is 11.5. The SMILES string of the molecule is Cc1ccc(OCCCOc2cccc(C#N)c2)cc1. The number of nitriles is 1. The van der Waals surface area contributed by atoms with Gasteiger partial charge in [0.15, 0.2) is 0 Å². The van der Waals surface area contributed by atoms with E-state index in [9.17, 15) is 0 Å². The highest BCUT2D eigenvalue weighted by atomic mass is 16.5. The molecule has 0 atom stereocenters. The normalized spacial score (nSPS) is 9.80. The largest absolute Gasteiger partial charge is 0.493 e. The quantitative estimate of drug-likeness (QED) is 0.749. The van der Waals surface area contributed by atoms with Gasteiger partial charge in [0.25, 0.3) is 0 Å². The van der Waals surface area contributed by atoms with E-state index in [2.05, 4.69) is 6.07 Å². The number of nitrogens with zero attached hydrogens (tertiary/aromatic N) is 1. The molecule has 102 valence electrons. The zero-order chi connectivity index (χ0) is 14.2. The van der Waals surface area contributed by atoms with Gasteiger partial charge in [0.05, 0.1) is 24.8 Å². The van der Waals surface area contributed by atoms with Crippen molar-refractivity contribution >= 4 is 0 Å². The van der Waals surface area contributed by atoms with Gasteiger partial charge in [-0.3, -0.25) is 0 Å². The summed E-state index contributed by atoms with van der Waals surface area (Å²) in [6.07, 6.45) is 0.796. The maximum Gasteiger partial charge on any atom is 0.120 e. The molecule has 2 rings (SSSR count). The van der Waals surface area contributed by atoms with Crippen molar-refractivity contribution in [2.24, 2.45) is 0 Å². The average Bonchev–Trinajstić information content (AvgIpc) is 2.49. The molecule has 0 aromatic heterocycles. The number of aryl methyl sites for hydroxylation is 1. The second-order valence-electron chi connectivity index (χ2n) is 4.50. The van der Waals surface area contributed by atoms with Crippen LogP contribution in [0.3, 0.4) is 0 Å². The van der Waals surface area contributed by atoms with Crippen LogP contribution in [0.1, 0.15) is 17.5 Å². The van der Waals surface area contributed by atoms with Crippen LogP contribution in [0.4, 0.5) is 0 Å². The van der Waals surface area contributed by atoms with Crippen LogP contribution in [0.25, 0.3) is 0 Å². The van der Waals surface area contributed by atoms with Crippen LogP contribution >= 0.6 is 0 Å². The summed E-state index contributed by atoms with van der Waals surface area (Å²) < 4.78 is 11.2. The second-order valence-corrected chi connectivity index (χ2v) is 4.50. The molecule has 0 saturated heterocycles. The van der Waals surface area contributed by atoms with Gasteiger partial charge in [0.2, 0.25) is 0 Å². The molecule has 0 aliphatic heterocycles. The first-order chi connectivity index (χ1) is 9.78. The van der Waals surface area contributed by atoms with Crippen molar-refractivity contribution in [3.63, 3.8) is 0 Å². The fourth-order valence-corrected chi connectivity index (χ4v) is 1.73. The summed E-state index contributed by atoms with van der Waals surface area (Å²) in [5.41, 5.74) is 1.83. The number of rotatable bonds is 6. The van der Waals surface area contributed by atoms with E-state index in [1.165, 1.54) is 5.56 Å². The zero-order valence-electron chi connectivity index (χ0n) is 11.5. The van der Waals surface area contributed by atoms with Crippen LogP contribution < -0.4 is 9.47 Å². The van der Waals surface area contributed by atoms with Gasteiger partial charge in [-0.05, 0) is 37.3 Å². The molecule has 0 aliphatic carbocycles. The van der Waals surface area contributed by atoms with Crippen LogP contribution in [0.5, 0.6) is 11.5 Å². The molecule has 3 nitrogen and oxygen atoms in total. The maximum absolute atomic E-state index is 8.79. The average molecular weight is 267 g/mol. The van der Waals surface area contributed by atoms with Crippen molar-refractivity contribution in [3.05, 3.63) is 59.7 Å². The van der Waals surface area contributed by atoms with Crippen molar-refractivity contribution in [3.8, 4) is 17.6 Å². The first-order valence-electron chi connectivity index (χ1n) is 6.60. The highest BCUT2D eigenvalue weighted by Crippen LogP contribution is 2.14. The van der Waals surface area contributed by atoms with Gasteiger partial charge in [-0.2, -0.15) is 5.26 Å². The Kier molecular flexibility index (Phi) is 5.02. The molecule has 0 amide bonds.